The maximum absolute atomic E-state index is 10.3. The molecule has 0 unspecified atom stereocenters. The van der Waals surface area contributed by atoms with Crippen LogP contribution in [0.3, 0.4) is 0 Å². The highest BCUT2D eigenvalue weighted by Gasteiger charge is 2.02. The molecule has 0 aliphatic carbocycles. The second-order valence-corrected chi connectivity index (χ2v) is 4.20. The van der Waals surface area contributed by atoms with Gasteiger partial charge in [-0.1, -0.05) is 51.2 Å². The summed E-state index contributed by atoms with van der Waals surface area (Å²) in [7, 11) is 0. The average molecular weight is 216 g/mol. The first-order valence-electron chi connectivity index (χ1n) is 5.40. The minimum Gasteiger partial charge on any atom is -0.481 e. The number of carboxylic acids is 1. The van der Waals surface area contributed by atoms with Crippen LogP contribution in [0, 0.1) is 0 Å². The number of rotatable bonds is 9. The molecule has 14 heavy (non-hydrogen) atoms. The van der Waals surface area contributed by atoms with Crippen LogP contribution in [0.15, 0.2) is 0 Å². The van der Waals surface area contributed by atoms with E-state index >= 15 is 0 Å². The normalized spacial score (nSPS) is 10.1. The zero-order chi connectivity index (χ0) is 10.8. The number of unbranched alkanes of at least 4 members (excludes halogenated alkanes) is 5. The third-order valence-electron chi connectivity index (χ3n) is 2.16. The van der Waals surface area contributed by atoms with Gasteiger partial charge in [-0.05, 0) is 12.8 Å². The highest BCUT2D eigenvalue weighted by molar-refractivity contribution is 7.80. The van der Waals surface area contributed by atoms with Crippen LogP contribution in [-0.2, 0) is 4.79 Å². The zero-order valence-electron chi connectivity index (χ0n) is 8.92. The molecule has 0 aromatic rings. The van der Waals surface area contributed by atoms with Crippen molar-refractivity contribution in [3.05, 3.63) is 0 Å². The summed E-state index contributed by atoms with van der Waals surface area (Å²) in [5.74, 6) is -0.805. The summed E-state index contributed by atoms with van der Waals surface area (Å²) in [6.07, 6.45) is 8.20. The SMILES string of the molecule is CCCCCCCCC(=S)CC(=O)O. The summed E-state index contributed by atoms with van der Waals surface area (Å²) in [6.45, 7) is 2.20. The van der Waals surface area contributed by atoms with E-state index in [0.717, 1.165) is 12.8 Å². The third kappa shape index (κ3) is 9.65. The fourth-order valence-corrected chi connectivity index (χ4v) is 1.63. The Morgan fingerprint density at radius 1 is 1.14 bits per heavy atom. The lowest BCUT2D eigenvalue weighted by molar-refractivity contribution is -0.135. The number of hydrogen-bond acceptors (Lipinski definition) is 2. The quantitative estimate of drug-likeness (QED) is 0.473. The van der Waals surface area contributed by atoms with E-state index in [-0.39, 0.29) is 6.42 Å². The number of thiocarbonyl (C=S) groups is 1. The Bertz CT molecular complexity index is 178. The van der Waals surface area contributed by atoms with Crippen molar-refractivity contribution in [1.29, 1.82) is 0 Å². The number of hydrogen-bond donors (Lipinski definition) is 1. The second kappa shape index (κ2) is 9.13. The van der Waals surface area contributed by atoms with Gasteiger partial charge in [0.2, 0.25) is 0 Å². The minimum atomic E-state index is -0.805. The zero-order valence-corrected chi connectivity index (χ0v) is 9.74. The first kappa shape index (κ1) is 13.6. The van der Waals surface area contributed by atoms with E-state index in [4.69, 9.17) is 17.3 Å². The lowest BCUT2D eigenvalue weighted by Gasteiger charge is -2.01. The van der Waals surface area contributed by atoms with Gasteiger partial charge in [-0.15, -0.1) is 0 Å². The fraction of sp³-hybridized carbons (Fsp3) is 0.818. The molecular weight excluding hydrogens is 196 g/mol. The van der Waals surface area contributed by atoms with Gasteiger partial charge in [0.05, 0.1) is 6.42 Å². The van der Waals surface area contributed by atoms with E-state index in [2.05, 4.69) is 6.92 Å². The first-order chi connectivity index (χ1) is 6.66. The van der Waals surface area contributed by atoms with Gasteiger partial charge in [0.1, 0.15) is 0 Å². The number of carbonyl (C=O) groups is 1. The number of aliphatic carboxylic acids is 1. The van der Waals surface area contributed by atoms with Crippen LogP contribution in [0.2, 0.25) is 0 Å². The smallest absolute Gasteiger partial charge is 0.308 e. The maximum atomic E-state index is 10.3. The molecule has 0 aliphatic heterocycles. The van der Waals surface area contributed by atoms with Crippen LogP contribution in [-0.4, -0.2) is 15.9 Å². The van der Waals surface area contributed by atoms with E-state index in [1.807, 2.05) is 0 Å². The van der Waals surface area contributed by atoms with Crippen molar-refractivity contribution in [2.24, 2.45) is 0 Å². The van der Waals surface area contributed by atoms with Crippen LogP contribution in [0.1, 0.15) is 58.3 Å². The average Bonchev–Trinajstić information content (AvgIpc) is 2.10. The Labute approximate surface area is 91.7 Å². The van der Waals surface area contributed by atoms with Gasteiger partial charge >= 0.3 is 5.97 Å². The van der Waals surface area contributed by atoms with Gasteiger partial charge in [0, 0.05) is 4.86 Å². The molecule has 3 heteroatoms. The Balaban J connectivity index is 3.19. The van der Waals surface area contributed by atoms with Crippen molar-refractivity contribution < 1.29 is 9.90 Å². The van der Waals surface area contributed by atoms with Crippen molar-refractivity contribution in [2.75, 3.05) is 0 Å². The molecular formula is C11H20O2S. The Morgan fingerprint density at radius 2 is 1.71 bits per heavy atom. The largest absolute Gasteiger partial charge is 0.481 e. The van der Waals surface area contributed by atoms with Gasteiger partial charge in [-0.3, -0.25) is 4.79 Å². The van der Waals surface area contributed by atoms with Gasteiger partial charge in [-0.25, -0.2) is 0 Å². The van der Waals surface area contributed by atoms with Crippen molar-refractivity contribution in [2.45, 2.75) is 58.3 Å². The van der Waals surface area contributed by atoms with Crippen LogP contribution < -0.4 is 0 Å². The molecule has 0 saturated heterocycles. The van der Waals surface area contributed by atoms with E-state index in [1.165, 1.54) is 32.1 Å². The molecule has 0 aromatic heterocycles. The highest BCUT2D eigenvalue weighted by atomic mass is 32.1. The first-order valence-corrected chi connectivity index (χ1v) is 5.81. The second-order valence-electron chi connectivity index (χ2n) is 3.63. The van der Waals surface area contributed by atoms with Crippen molar-refractivity contribution in [3.8, 4) is 0 Å². The molecule has 0 amide bonds. The van der Waals surface area contributed by atoms with Crippen LogP contribution >= 0.6 is 12.2 Å². The van der Waals surface area contributed by atoms with Crippen molar-refractivity contribution in [1.82, 2.24) is 0 Å². The molecule has 0 aromatic carbocycles. The Kier molecular flexibility index (Phi) is 8.84. The summed E-state index contributed by atoms with van der Waals surface area (Å²) in [5, 5.41) is 8.47. The fourth-order valence-electron chi connectivity index (χ4n) is 1.36. The molecule has 82 valence electrons. The van der Waals surface area contributed by atoms with Crippen LogP contribution in [0.25, 0.3) is 0 Å². The molecule has 0 aliphatic rings. The van der Waals surface area contributed by atoms with Gasteiger partial charge < -0.3 is 5.11 Å². The molecule has 0 bridgehead atoms. The van der Waals surface area contributed by atoms with Gasteiger partial charge in [-0.2, -0.15) is 0 Å². The molecule has 0 heterocycles. The Hall–Kier alpha value is -0.440. The van der Waals surface area contributed by atoms with E-state index in [1.54, 1.807) is 0 Å². The monoisotopic (exact) mass is 216 g/mol. The third-order valence-corrected chi connectivity index (χ3v) is 2.51. The van der Waals surface area contributed by atoms with Crippen molar-refractivity contribution in [3.63, 3.8) is 0 Å². The summed E-state index contributed by atoms with van der Waals surface area (Å²) >= 11 is 4.95. The lowest BCUT2D eigenvalue weighted by atomic mass is 10.1. The van der Waals surface area contributed by atoms with Gasteiger partial charge in [0.15, 0.2) is 0 Å². The maximum Gasteiger partial charge on any atom is 0.308 e. The topological polar surface area (TPSA) is 37.3 Å². The molecule has 0 radical (unpaired) electrons. The molecule has 0 saturated carbocycles. The van der Waals surface area contributed by atoms with E-state index < -0.39 is 5.97 Å². The van der Waals surface area contributed by atoms with Crippen LogP contribution in [0.4, 0.5) is 0 Å². The number of carboxylic acid groups (broad SMARTS) is 1. The summed E-state index contributed by atoms with van der Waals surface area (Å²) in [5.41, 5.74) is 0. The van der Waals surface area contributed by atoms with Crippen LogP contribution in [0.5, 0.6) is 0 Å². The molecule has 0 atom stereocenters. The minimum absolute atomic E-state index is 0.0598. The Morgan fingerprint density at radius 3 is 2.29 bits per heavy atom. The lowest BCUT2D eigenvalue weighted by Crippen LogP contribution is -2.03. The van der Waals surface area contributed by atoms with Gasteiger partial charge in [0.25, 0.3) is 0 Å². The molecule has 2 nitrogen and oxygen atoms in total. The summed E-state index contributed by atoms with van der Waals surface area (Å²) < 4.78 is 0. The molecule has 1 N–H and O–H groups in total. The molecule has 0 fully saturated rings. The molecule has 0 rings (SSSR count). The van der Waals surface area contributed by atoms with E-state index in [0.29, 0.717) is 4.86 Å². The highest BCUT2D eigenvalue weighted by Crippen LogP contribution is 2.08. The standard InChI is InChI=1S/C11H20O2S/c1-2-3-4-5-6-7-8-10(14)9-11(12)13/h2-9H2,1H3,(H,12,13). The van der Waals surface area contributed by atoms with E-state index in [9.17, 15) is 4.79 Å². The predicted molar refractivity (Wildman–Crippen MR) is 62.8 cm³/mol. The summed E-state index contributed by atoms with van der Waals surface area (Å²) in [4.78, 5) is 11.0. The molecule has 0 spiro atoms. The summed E-state index contributed by atoms with van der Waals surface area (Å²) in [6, 6.07) is 0. The van der Waals surface area contributed by atoms with Crippen molar-refractivity contribution >= 4 is 23.1 Å². The predicted octanol–water partition coefficient (Wildman–Crippen LogP) is 3.58.